The zero-order chi connectivity index (χ0) is 13.2. The zero-order valence-corrected chi connectivity index (χ0v) is 10.9. The summed E-state index contributed by atoms with van der Waals surface area (Å²) in [7, 11) is 3.10. The Morgan fingerprint density at radius 2 is 2.21 bits per heavy atom. The van der Waals surface area contributed by atoms with Crippen molar-refractivity contribution in [2.24, 2.45) is 0 Å². The van der Waals surface area contributed by atoms with E-state index in [9.17, 15) is 0 Å². The van der Waals surface area contributed by atoms with Crippen molar-refractivity contribution < 1.29 is 14.2 Å². The molecule has 1 fully saturated rings. The predicted octanol–water partition coefficient (Wildman–Crippen LogP) is 0.636. The standard InChI is InChI=1S/C12H16N4O3/c1-17-11-10-9(15-12(16-11)18-2)7(5-14-10)8-6-13-3-4-19-8/h5,8,13-14H,3-4,6H2,1-2H3. The molecule has 0 bridgehead atoms. The Balaban J connectivity index is 2.09. The van der Waals surface area contributed by atoms with Crippen LogP contribution in [-0.2, 0) is 4.74 Å². The first-order chi connectivity index (χ1) is 9.33. The molecule has 3 rings (SSSR count). The molecule has 102 valence electrons. The number of ether oxygens (including phenoxy) is 3. The summed E-state index contributed by atoms with van der Waals surface area (Å²) in [6.45, 7) is 2.33. The summed E-state index contributed by atoms with van der Waals surface area (Å²) in [6, 6.07) is 0.286. The summed E-state index contributed by atoms with van der Waals surface area (Å²) < 4.78 is 16.1. The minimum Gasteiger partial charge on any atom is -0.479 e. The van der Waals surface area contributed by atoms with Crippen molar-refractivity contribution in [3.05, 3.63) is 11.8 Å². The number of nitrogens with one attached hydrogen (secondary N) is 2. The Labute approximate surface area is 110 Å². The minimum absolute atomic E-state index is 0.0215. The monoisotopic (exact) mass is 264 g/mol. The number of hydrogen-bond donors (Lipinski definition) is 2. The maximum atomic E-state index is 5.75. The van der Waals surface area contributed by atoms with Crippen molar-refractivity contribution in [1.82, 2.24) is 20.3 Å². The second kappa shape index (κ2) is 5.02. The third kappa shape index (κ3) is 2.11. The Bertz CT molecular complexity index is 578. The van der Waals surface area contributed by atoms with E-state index in [-0.39, 0.29) is 12.1 Å². The van der Waals surface area contributed by atoms with Gasteiger partial charge >= 0.3 is 6.01 Å². The van der Waals surface area contributed by atoms with E-state index in [1.165, 1.54) is 7.11 Å². The van der Waals surface area contributed by atoms with Gasteiger partial charge in [-0.2, -0.15) is 9.97 Å². The quantitative estimate of drug-likeness (QED) is 0.846. The van der Waals surface area contributed by atoms with Gasteiger partial charge in [0.2, 0.25) is 5.88 Å². The number of morpholine rings is 1. The van der Waals surface area contributed by atoms with Crippen LogP contribution in [0.2, 0.25) is 0 Å². The molecule has 0 aromatic carbocycles. The number of nitrogens with zero attached hydrogens (tertiary/aromatic N) is 2. The van der Waals surface area contributed by atoms with Crippen LogP contribution in [0.3, 0.4) is 0 Å². The van der Waals surface area contributed by atoms with Crippen LogP contribution in [0.15, 0.2) is 6.20 Å². The summed E-state index contributed by atoms with van der Waals surface area (Å²) in [6.07, 6.45) is 1.87. The number of fused-ring (bicyclic) bond motifs is 1. The van der Waals surface area contributed by atoms with Gasteiger partial charge < -0.3 is 24.5 Å². The Morgan fingerprint density at radius 1 is 1.32 bits per heavy atom. The van der Waals surface area contributed by atoms with Gasteiger partial charge in [0.05, 0.1) is 26.9 Å². The van der Waals surface area contributed by atoms with Gasteiger partial charge in [0.15, 0.2) is 0 Å². The SMILES string of the molecule is COc1nc(OC)c2[nH]cc(C3CNCCO3)c2n1. The number of rotatable bonds is 3. The Kier molecular flexibility index (Phi) is 3.22. The van der Waals surface area contributed by atoms with Crippen molar-refractivity contribution in [2.75, 3.05) is 33.9 Å². The Morgan fingerprint density at radius 3 is 2.89 bits per heavy atom. The molecule has 0 radical (unpaired) electrons. The lowest BCUT2D eigenvalue weighted by atomic mass is 10.1. The maximum Gasteiger partial charge on any atom is 0.320 e. The molecule has 1 saturated heterocycles. The van der Waals surface area contributed by atoms with Gasteiger partial charge in [-0.3, -0.25) is 0 Å². The molecule has 0 saturated carbocycles. The number of aromatic amines is 1. The van der Waals surface area contributed by atoms with Gasteiger partial charge in [-0.1, -0.05) is 0 Å². The third-order valence-corrected chi connectivity index (χ3v) is 3.15. The number of hydrogen-bond acceptors (Lipinski definition) is 6. The van der Waals surface area contributed by atoms with E-state index < -0.39 is 0 Å². The van der Waals surface area contributed by atoms with Crippen LogP contribution >= 0.6 is 0 Å². The van der Waals surface area contributed by atoms with Crippen LogP contribution in [0.4, 0.5) is 0 Å². The molecule has 1 atom stereocenters. The second-order valence-electron chi connectivity index (χ2n) is 4.25. The predicted molar refractivity (Wildman–Crippen MR) is 68.6 cm³/mol. The van der Waals surface area contributed by atoms with Crippen LogP contribution in [0.1, 0.15) is 11.7 Å². The molecule has 0 amide bonds. The van der Waals surface area contributed by atoms with Gasteiger partial charge in [0.1, 0.15) is 11.0 Å². The van der Waals surface area contributed by atoms with Gasteiger partial charge in [0, 0.05) is 24.8 Å². The first-order valence-electron chi connectivity index (χ1n) is 6.12. The number of H-pyrrole nitrogens is 1. The van der Waals surface area contributed by atoms with Crippen LogP contribution in [0, 0.1) is 0 Å². The molecule has 0 spiro atoms. The fourth-order valence-corrected chi connectivity index (χ4v) is 2.23. The van der Waals surface area contributed by atoms with Gasteiger partial charge in [-0.15, -0.1) is 0 Å². The lowest BCUT2D eigenvalue weighted by Gasteiger charge is -2.23. The second-order valence-corrected chi connectivity index (χ2v) is 4.25. The van der Waals surface area contributed by atoms with Crippen molar-refractivity contribution in [3.63, 3.8) is 0 Å². The molecule has 1 unspecified atom stereocenters. The van der Waals surface area contributed by atoms with Crippen LogP contribution < -0.4 is 14.8 Å². The summed E-state index contributed by atoms with van der Waals surface area (Å²) in [4.78, 5) is 11.7. The molecule has 7 heteroatoms. The van der Waals surface area contributed by atoms with E-state index in [1.54, 1.807) is 7.11 Å². The van der Waals surface area contributed by atoms with Gasteiger partial charge in [-0.25, -0.2) is 0 Å². The molecule has 1 aliphatic rings. The van der Waals surface area contributed by atoms with Crippen LogP contribution in [0.25, 0.3) is 11.0 Å². The van der Waals surface area contributed by atoms with E-state index in [2.05, 4.69) is 20.3 Å². The molecule has 19 heavy (non-hydrogen) atoms. The summed E-state index contributed by atoms with van der Waals surface area (Å²) in [5.74, 6) is 0.469. The summed E-state index contributed by atoms with van der Waals surface area (Å²) >= 11 is 0. The van der Waals surface area contributed by atoms with Crippen molar-refractivity contribution in [2.45, 2.75) is 6.10 Å². The molecule has 7 nitrogen and oxygen atoms in total. The molecule has 3 heterocycles. The highest BCUT2D eigenvalue weighted by Crippen LogP contribution is 2.31. The maximum absolute atomic E-state index is 5.75. The lowest BCUT2D eigenvalue weighted by Crippen LogP contribution is -2.33. The fourth-order valence-electron chi connectivity index (χ4n) is 2.23. The highest BCUT2D eigenvalue weighted by Gasteiger charge is 2.22. The fraction of sp³-hybridized carbons (Fsp3) is 0.500. The first kappa shape index (κ1) is 12.2. The Hall–Kier alpha value is -1.86. The minimum atomic E-state index is -0.0215. The number of aromatic nitrogens is 3. The van der Waals surface area contributed by atoms with Crippen LogP contribution in [-0.4, -0.2) is 48.9 Å². The highest BCUT2D eigenvalue weighted by atomic mass is 16.5. The highest BCUT2D eigenvalue weighted by molar-refractivity contribution is 5.84. The molecule has 1 aliphatic heterocycles. The molecule has 2 N–H and O–H groups in total. The first-order valence-corrected chi connectivity index (χ1v) is 6.12. The molecule has 2 aromatic rings. The molecular formula is C12H16N4O3. The topological polar surface area (TPSA) is 81.3 Å². The van der Waals surface area contributed by atoms with Crippen molar-refractivity contribution in [3.8, 4) is 11.9 Å². The zero-order valence-electron chi connectivity index (χ0n) is 10.9. The third-order valence-electron chi connectivity index (χ3n) is 3.15. The lowest BCUT2D eigenvalue weighted by molar-refractivity contribution is 0.0285. The van der Waals surface area contributed by atoms with E-state index in [1.807, 2.05) is 6.20 Å². The van der Waals surface area contributed by atoms with Crippen LogP contribution in [0.5, 0.6) is 11.9 Å². The van der Waals surface area contributed by atoms with Gasteiger partial charge in [0.25, 0.3) is 0 Å². The summed E-state index contributed by atoms with van der Waals surface area (Å²) in [5, 5.41) is 3.30. The van der Waals surface area contributed by atoms with Crippen molar-refractivity contribution >= 4 is 11.0 Å². The normalized spacial score (nSPS) is 19.6. The molecule has 2 aromatic heterocycles. The molecule has 0 aliphatic carbocycles. The average Bonchev–Trinajstić information content (AvgIpc) is 2.90. The largest absolute Gasteiger partial charge is 0.479 e. The molecular weight excluding hydrogens is 248 g/mol. The van der Waals surface area contributed by atoms with E-state index in [0.717, 1.165) is 29.7 Å². The average molecular weight is 264 g/mol. The van der Waals surface area contributed by atoms with Gasteiger partial charge in [-0.05, 0) is 0 Å². The number of methoxy groups -OCH3 is 2. The van der Waals surface area contributed by atoms with Crippen molar-refractivity contribution in [1.29, 1.82) is 0 Å². The smallest absolute Gasteiger partial charge is 0.320 e. The van der Waals surface area contributed by atoms with E-state index in [4.69, 9.17) is 14.2 Å². The van der Waals surface area contributed by atoms with E-state index >= 15 is 0 Å². The summed E-state index contributed by atoms with van der Waals surface area (Å²) in [5.41, 5.74) is 2.52. The van der Waals surface area contributed by atoms with E-state index in [0.29, 0.717) is 12.5 Å².